The van der Waals surface area contributed by atoms with E-state index in [1.165, 1.54) is 12.7 Å². The van der Waals surface area contributed by atoms with E-state index >= 15 is 0 Å². The second-order valence-electron chi connectivity index (χ2n) is 4.45. The van der Waals surface area contributed by atoms with E-state index in [0.29, 0.717) is 11.2 Å². The van der Waals surface area contributed by atoms with Crippen molar-refractivity contribution >= 4 is 33.5 Å². The van der Waals surface area contributed by atoms with E-state index < -0.39 is 28.8 Å². The number of phosphoric ester groups is 1. The number of nitrogen functional groups attached to an aromatic ring is 1. The first-order valence-corrected chi connectivity index (χ1v) is 8.48. The van der Waals surface area contributed by atoms with Crippen LogP contribution in [0.5, 0.6) is 0 Å². The Morgan fingerprint density at radius 1 is 1.43 bits per heavy atom. The highest BCUT2D eigenvalue weighted by molar-refractivity contribution is 7.52. The molecule has 0 spiro atoms. The molecule has 0 saturated carbocycles. The van der Waals surface area contributed by atoms with Gasteiger partial charge in [0.1, 0.15) is 17.9 Å². The summed E-state index contributed by atoms with van der Waals surface area (Å²) in [5, 5.41) is 0. The van der Waals surface area contributed by atoms with Gasteiger partial charge in [0.2, 0.25) is 0 Å². The van der Waals surface area contributed by atoms with Crippen LogP contribution in [0, 0.1) is 0 Å². The van der Waals surface area contributed by atoms with Crippen LogP contribution in [0.4, 0.5) is 5.82 Å². The predicted molar refractivity (Wildman–Crippen MR) is 77.3 cm³/mol. The maximum atomic E-state index is 11.3. The Hall–Kier alpha value is -1.74. The molecule has 0 saturated heterocycles. The van der Waals surface area contributed by atoms with Gasteiger partial charge < -0.3 is 15.4 Å². The van der Waals surface area contributed by atoms with Gasteiger partial charge in [-0.2, -0.15) is 4.31 Å². The molecule has 3 heterocycles. The average Bonchev–Trinajstić information content (AvgIpc) is 3.12. The fraction of sp³-hybridized carbons (Fsp3) is 0.300. The summed E-state index contributed by atoms with van der Waals surface area (Å²) in [6.07, 6.45) is 5.06. The van der Waals surface area contributed by atoms with Crippen molar-refractivity contribution in [1.82, 2.24) is 19.5 Å². The minimum atomic E-state index is -4.37. The molecule has 0 amide bonds. The minimum absolute atomic E-state index is 0.250. The molecule has 2 aromatic heterocycles. The van der Waals surface area contributed by atoms with Crippen molar-refractivity contribution in [2.45, 2.75) is 12.3 Å². The van der Waals surface area contributed by atoms with Crippen LogP contribution < -0.4 is 5.73 Å². The van der Waals surface area contributed by atoms with E-state index in [1.807, 2.05) is 0 Å². The molecule has 2 aromatic rings. The van der Waals surface area contributed by atoms with Gasteiger partial charge in [0.15, 0.2) is 17.7 Å². The summed E-state index contributed by atoms with van der Waals surface area (Å²) in [5.74, 6) is 0.255. The average molecular weight is 359 g/mol. The number of rotatable bonds is 6. The number of phosphoric acid groups is 1. The molecule has 3 N–H and O–H groups in total. The van der Waals surface area contributed by atoms with Gasteiger partial charge in [-0.05, 0) is 6.08 Å². The van der Waals surface area contributed by atoms with Gasteiger partial charge in [0.05, 0.1) is 12.9 Å². The number of hydrogen-bond acceptors (Lipinski definition) is 9. The van der Waals surface area contributed by atoms with Gasteiger partial charge in [-0.15, -0.1) is 0 Å². The third-order valence-electron chi connectivity index (χ3n) is 3.00. The molecular weight excluding hydrogens is 348 g/mol. The van der Waals surface area contributed by atoms with Crippen molar-refractivity contribution in [1.29, 1.82) is 0 Å². The molecule has 11 nitrogen and oxygen atoms in total. The van der Waals surface area contributed by atoms with Crippen LogP contribution >= 0.6 is 16.5 Å². The number of ether oxygens (including phenoxy) is 1. The summed E-state index contributed by atoms with van der Waals surface area (Å²) in [6.45, 7) is -0.250. The van der Waals surface area contributed by atoms with Crippen LogP contribution in [-0.4, -0.2) is 37.1 Å². The molecule has 0 fully saturated rings. The van der Waals surface area contributed by atoms with E-state index in [2.05, 4.69) is 23.8 Å². The number of fused-ring (bicyclic) bond motifs is 1. The lowest BCUT2D eigenvalue weighted by Gasteiger charge is -2.16. The molecular formula is C10H11N5O6P2. The molecule has 0 aliphatic carbocycles. The SMILES string of the molecule is Nc1ncnc2c1ncn2[C@H]1C=C[C@@H](COP(=O)(O)OP=O)O1. The topological polar surface area (TPSA) is 152 Å². The lowest BCUT2D eigenvalue weighted by Crippen LogP contribution is -2.17. The van der Waals surface area contributed by atoms with Crippen LogP contribution in [0.3, 0.4) is 0 Å². The molecule has 1 unspecified atom stereocenters. The fourth-order valence-electron chi connectivity index (χ4n) is 2.03. The van der Waals surface area contributed by atoms with Gasteiger partial charge in [-0.1, -0.05) is 6.08 Å². The summed E-state index contributed by atoms with van der Waals surface area (Å²) < 4.78 is 37.4. The van der Waals surface area contributed by atoms with Crippen molar-refractivity contribution < 1.29 is 27.6 Å². The van der Waals surface area contributed by atoms with Crippen LogP contribution in [0.15, 0.2) is 24.8 Å². The van der Waals surface area contributed by atoms with Crippen molar-refractivity contribution in [3.63, 3.8) is 0 Å². The van der Waals surface area contributed by atoms with Gasteiger partial charge in [0, 0.05) is 0 Å². The monoisotopic (exact) mass is 359 g/mol. The quantitative estimate of drug-likeness (QED) is 0.568. The summed E-state index contributed by atoms with van der Waals surface area (Å²) in [5.41, 5.74) is 6.66. The summed E-state index contributed by atoms with van der Waals surface area (Å²) in [7, 11) is -5.31. The van der Waals surface area contributed by atoms with E-state index in [9.17, 15) is 14.0 Å². The highest BCUT2D eigenvalue weighted by Gasteiger charge is 2.28. The Morgan fingerprint density at radius 3 is 3.04 bits per heavy atom. The van der Waals surface area contributed by atoms with Crippen molar-refractivity contribution in [3.05, 3.63) is 24.8 Å². The number of hydrogen-bond donors (Lipinski definition) is 2. The predicted octanol–water partition coefficient (Wildman–Crippen LogP) is 1.20. The maximum absolute atomic E-state index is 11.3. The van der Waals surface area contributed by atoms with E-state index in [0.717, 1.165) is 0 Å². The van der Waals surface area contributed by atoms with Crippen LogP contribution in [0.25, 0.3) is 11.2 Å². The van der Waals surface area contributed by atoms with Gasteiger partial charge in [-0.25, -0.2) is 24.1 Å². The van der Waals surface area contributed by atoms with E-state index in [4.69, 9.17) is 10.5 Å². The van der Waals surface area contributed by atoms with Gasteiger partial charge in [0.25, 0.3) is 0 Å². The minimum Gasteiger partial charge on any atom is -0.382 e. The Kier molecular flexibility index (Phi) is 4.49. The summed E-state index contributed by atoms with van der Waals surface area (Å²) in [6, 6.07) is 0. The normalized spacial score (nSPS) is 23.5. The molecule has 122 valence electrons. The molecule has 0 aromatic carbocycles. The first-order chi connectivity index (χ1) is 11.0. The summed E-state index contributed by atoms with van der Waals surface area (Å²) >= 11 is 0. The smallest absolute Gasteiger partial charge is 0.382 e. The first-order valence-electron chi connectivity index (χ1n) is 6.26. The van der Waals surface area contributed by atoms with Crippen LogP contribution in [0.2, 0.25) is 0 Å². The zero-order valence-electron chi connectivity index (χ0n) is 11.4. The van der Waals surface area contributed by atoms with Crippen molar-refractivity contribution in [2.75, 3.05) is 12.3 Å². The third-order valence-corrected chi connectivity index (χ3v) is 4.57. The van der Waals surface area contributed by atoms with E-state index in [-0.39, 0.29) is 12.4 Å². The van der Waals surface area contributed by atoms with Gasteiger partial charge in [-0.3, -0.25) is 9.09 Å². The highest BCUT2D eigenvalue weighted by Crippen LogP contribution is 2.47. The maximum Gasteiger partial charge on any atom is 0.482 e. The largest absolute Gasteiger partial charge is 0.482 e. The van der Waals surface area contributed by atoms with Crippen molar-refractivity contribution in [3.8, 4) is 0 Å². The lowest BCUT2D eigenvalue weighted by molar-refractivity contribution is -0.00585. The second kappa shape index (κ2) is 6.40. The molecule has 0 bridgehead atoms. The summed E-state index contributed by atoms with van der Waals surface area (Å²) in [4.78, 5) is 21.3. The number of anilines is 1. The Labute approximate surface area is 131 Å². The Balaban J connectivity index is 1.68. The Morgan fingerprint density at radius 2 is 2.26 bits per heavy atom. The van der Waals surface area contributed by atoms with E-state index in [1.54, 1.807) is 16.7 Å². The first kappa shape index (κ1) is 16.1. The molecule has 1 aliphatic heterocycles. The molecule has 23 heavy (non-hydrogen) atoms. The molecule has 3 rings (SSSR count). The third kappa shape index (κ3) is 3.45. The zero-order valence-corrected chi connectivity index (χ0v) is 13.2. The molecule has 0 radical (unpaired) electrons. The lowest BCUT2D eigenvalue weighted by atomic mass is 10.4. The number of nitrogens with two attached hydrogens (primary N) is 1. The van der Waals surface area contributed by atoms with Gasteiger partial charge >= 0.3 is 16.5 Å². The number of aromatic nitrogens is 4. The molecule has 3 atom stereocenters. The number of imidazole rings is 1. The number of nitrogens with zero attached hydrogens (tertiary/aromatic N) is 4. The van der Waals surface area contributed by atoms with Crippen LogP contribution in [0.1, 0.15) is 6.23 Å². The Bertz CT molecular complexity index is 810. The van der Waals surface area contributed by atoms with Crippen LogP contribution in [-0.2, 0) is 22.7 Å². The highest BCUT2D eigenvalue weighted by atomic mass is 31.2. The zero-order chi connectivity index (χ0) is 16.4. The molecule has 1 aliphatic rings. The standard InChI is InChI=1S/C10H11N5O6P2/c11-9-8-10(13-4-12-9)15(5-14-8)7-2-1-6(20-7)3-19-23(17,18)21-22-16/h1-2,4-7H,3H2,(H,17,18)(H2,11,12,13)/t6-,7+/m0/s1. The second-order valence-corrected chi connectivity index (χ2v) is 6.45. The fourth-order valence-corrected chi connectivity index (χ4v) is 2.89. The van der Waals surface area contributed by atoms with Crippen molar-refractivity contribution in [2.24, 2.45) is 0 Å². The molecule has 13 heteroatoms.